The highest BCUT2D eigenvalue weighted by Crippen LogP contribution is 2.19. The molecule has 0 radical (unpaired) electrons. The van der Waals surface area contributed by atoms with Crippen LogP contribution in [0.3, 0.4) is 0 Å². The highest BCUT2D eigenvalue weighted by atomic mass is 35.5. The van der Waals surface area contributed by atoms with Gasteiger partial charge in [-0.2, -0.15) is 0 Å². The van der Waals surface area contributed by atoms with E-state index in [2.05, 4.69) is 5.32 Å². The van der Waals surface area contributed by atoms with Crippen molar-refractivity contribution < 1.29 is 4.79 Å². The topological polar surface area (TPSA) is 55.1 Å². The van der Waals surface area contributed by atoms with Crippen LogP contribution in [0.25, 0.3) is 0 Å². The van der Waals surface area contributed by atoms with Crippen molar-refractivity contribution in [2.45, 2.75) is 44.7 Å². The molecule has 3 N–H and O–H groups in total. The Balaban J connectivity index is 0.00000180. The number of nitrogens with one attached hydrogen (secondary N) is 1. The van der Waals surface area contributed by atoms with Gasteiger partial charge in [0.2, 0.25) is 0 Å². The molecule has 1 fully saturated rings. The molecule has 0 saturated heterocycles. The number of amides is 1. The zero-order valence-electron chi connectivity index (χ0n) is 11.0. The standard InChI is InChI=1S/C14H19ClN2O.ClH/c1-9-8-10(2-7-13(9)15)14(18)17-12-5-3-11(16)4-6-12;/h2,7-8,11-12H,3-6,16H2,1H3,(H,17,18);1H. The van der Waals surface area contributed by atoms with Crippen molar-refractivity contribution >= 4 is 29.9 Å². The SMILES string of the molecule is Cc1cc(C(=O)NC2CCC(N)CC2)ccc1Cl.Cl. The summed E-state index contributed by atoms with van der Waals surface area (Å²) in [6, 6.07) is 5.91. The van der Waals surface area contributed by atoms with Gasteiger partial charge in [0.1, 0.15) is 0 Å². The molecular weight excluding hydrogens is 283 g/mol. The van der Waals surface area contributed by atoms with Gasteiger partial charge in [0.05, 0.1) is 0 Å². The normalized spacial score (nSPS) is 22.5. The fourth-order valence-electron chi connectivity index (χ4n) is 2.32. The Hall–Kier alpha value is -0.770. The van der Waals surface area contributed by atoms with Crippen molar-refractivity contribution in [3.63, 3.8) is 0 Å². The summed E-state index contributed by atoms with van der Waals surface area (Å²) in [5.41, 5.74) is 7.45. The summed E-state index contributed by atoms with van der Waals surface area (Å²) in [5.74, 6) is -0.0183. The number of carbonyl (C=O) groups is 1. The molecule has 1 aromatic rings. The average molecular weight is 303 g/mol. The Morgan fingerprint density at radius 1 is 1.32 bits per heavy atom. The molecule has 0 atom stereocenters. The summed E-state index contributed by atoms with van der Waals surface area (Å²) in [5, 5.41) is 3.75. The first-order valence-corrected chi connectivity index (χ1v) is 6.76. The van der Waals surface area contributed by atoms with Gasteiger partial charge >= 0.3 is 0 Å². The quantitative estimate of drug-likeness (QED) is 0.882. The zero-order valence-corrected chi connectivity index (χ0v) is 12.6. The van der Waals surface area contributed by atoms with Crippen LogP contribution in [0.1, 0.15) is 41.6 Å². The van der Waals surface area contributed by atoms with Crippen LogP contribution in [0.15, 0.2) is 18.2 Å². The fraction of sp³-hybridized carbons (Fsp3) is 0.500. The van der Waals surface area contributed by atoms with E-state index < -0.39 is 0 Å². The highest BCUT2D eigenvalue weighted by Gasteiger charge is 2.20. The van der Waals surface area contributed by atoms with E-state index in [1.807, 2.05) is 13.0 Å². The lowest BCUT2D eigenvalue weighted by atomic mass is 9.91. The third-order valence-corrected chi connectivity index (χ3v) is 3.95. The minimum atomic E-state index is -0.0183. The molecule has 1 saturated carbocycles. The lowest BCUT2D eigenvalue weighted by Crippen LogP contribution is -2.40. The second-order valence-corrected chi connectivity index (χ2v) is 5.46. The number of nitrogens with two attached hydrogens (primary N) is 1. The zero-order chi connectivity index (χ0) is 13.1. The fourth-order valence-corrected chi connectivity index (χ4v) is 2.44. The molecule has 0 spiro atoms. The van der Waals surface area contributed by atoms with Crippen molar-refractivity contribution in [3.05, 3.63) is 34.3 Å². The van der Waals surface area contributed by atoms with E-state index in [-0.39, 0.29) is 24.4 Å². The van der Waals surface area contributed by atoms with Crippen molar-refractivity contribution in [1.82, 2.24) is 5.32 Å². The molecule has 0 aliphatic heterocycles. The van der Waals surface area contributed by atoms with Gasteiger partial charge in [-0.1, -0.05) is 11.6 Å². The number of aryl methyl sites for hydroxylation is 1. The van der Waals surface area contributed by atoms with Crippen LogP contribution in [0.2, 0.25) is 5.02 Å². The van der Waals surface area contributed by atoms with E-state index in [1.54, 1.807) is 12.1 Å². The van der Waals surface area contributed by atoms with Gasteiger partial charge in [-0.25, -0.2) is 0 Å². The van der Waals surface area contributed by atoms with Crippen LogP contribution in [0.4, 0.5) is 0 Å². The van der Waals surface area contributed by atoms with Gasteiger partial charge in [0.25, 0.3) is 5.91 Å². The molecule has 1 aliphatic carbocycles. The number of benzene rings is 1. The Labute approximate surface area is 125 Å². The second-order valence-electron chi connectivity index (χ2n) is 5.05. The molecule has 5 heteroatoms. The van der Waals surface area contributed by atoms with Crippen LogP contribution in [0, 0.1) is 6.92 Å². The molecule has 1 amide bonds. The lowest BCUT2D eigenvalue weighted by molar-refractivity contribution is 0.0926. The molecule has 19 heavy (non-hydrogen) atoms. The minimum absolute atomic E-state index is 0. The molecule has 1 aromatic carbocycles. The molecule has 106 valence electrons. The molecule has 0 heterocycles. The molecule has 0 aromatic heterocycles. The van der Waals surface area contributed by atoms with Gasteiger partial charge in [-0.3, -0.25) is 4.79 Å². The summed E-state index contributed by atoms with van der Waals surface area (Å²) >= 11 is 5.95. The van der Waals surface area contributed by atoms with Gasteiger partial charge in [-0.15, -0.1) is 12.4 Å². The first-order chi connectivity index (χ1) is 8.56. The van der Waals surface area contributed by atoms with Gasteiger partial charge in [0.15, 0.2) is 0 Å². The summed E-state index contributed by atoms with van der Waals surface area (Å²) in [4.78, 5) is 12.1. The summed E-state index contributed by atoms with van der Waals surface area (Å²) < 4.78 is 0. The average Bonchev–Trinajstić information content (AvgIpc) is 2.35. The Kier molecular flexibility index (Phi) is 6.11. The number of hydrogen-bond acceptors (Lipinski definition) is 2. The van der Waals surface area contributed by atoms with E-state index >= 15 is 0 Å². The number of hydrogen-bond donors (Lipinski definition) is 2. The summed E-state index contributed by atoms with van der Waals surface area (Å²) in [7, 11) is 0. The molecule has 1 aliphatic rings. The van der Waals surface area contributed by atoms with Crippen LogP contribution >= 0.6 is 24.0 Å². The predicted octanol–water partition coefficient (Wildman–Crippen LogP) is 3.07. The molecule has 2 rings (SSSR count). The maximum atomic E-state index is 12.1. The smallest absolute Gasteiger partial charge is 0.251 e. The highest BCUT2D eigenvalue weighted by molar-refractivity contribution is 6.31. The summed E-state index contributed by atoms with van der Waals surface area (Å²) in [6.07, 6.45) is 3.92. The van der Waals surface area contributed by atoms with Crippen LogP contribution in [-0.4, -0.2) is 18.0 Å². The molecule has 3 nitrogen and oxygen atoms in total. The maximum Gasteiger partial charge on any atom is 0.251 e. The van der Waals surface area contributed by atoms with Crippen molar-refractivity contribution in [2.75, 3.05) is 0 Å². The molecular formula is C14H20Cl2N2O. The van der Waals surface area contributed by atoms with Gasteiger partial charge in [0, 0.05) is 22.7 Å². The third-order valence-electron chi connectivity index (χ3n) is 3.53. The van der Waals surface area contributed by atoms with E-state index in [0.29, 0.717) is 16.6 Å². The first kappa shape index (κ1) is 16.3. The minimum Gasteiger partial charge on any atom is -0.349 e. The Morgan fingerprint density at radius 2 is 1.95 bits per heavy atom. The molecule has 0 bridgehead atoms. The van der Waals surface area contributed by atoms with Crippen molar-refractivity contribution in [1.29, 1.82) is 0 Å². The van der Waals surface area contributed by atoms with Crippen molar-refractivity contribution in [2.24, 2.45) is 5.73 Å². The summed E-state index contributed by atoms with van der Waals surface area (Å²) in [6.45, 7) is 1.90. The number of halogens is 2. The number of rotatable bonds is 2. The number of carbonyl (C=O) groups excluding carboxylic acids is 1. The molecule has 0 unspecified atom stereocenters. The monoisotopic (exact) mass is 302 g/mol. The second kappa shape index (κ2) is 7.13. The van der Waals surface area contributed by atoms with E-state index in [0.717, 1.165) is 31.2 Å². The Morgan fingerprint density at radius 3 is 2.53 bits per heavy atom. The lowest BCUT2D eigenvalue weighted by Gasteiger charge is -2.26. The Bertz CT molecular complexity index is 443. The van der Waals surface area contributed by atoms with E-state index in [9.17, 15) is 4.79 Å². The van der Waals surface area contributed by atoms with Crippen LogP contribution in [0.5, 0.6) is 0 Å². The largest absolute Gasteiger partial charge is 0.349 e. The third kappa shape index (κ3) is 4.37. The van der Waals surface area contributed by atoms with Gasteiger partial charge < -0.3 is 11.1 Å². The first-order valence-electron chi connectivity index (χ1n) is 6.39. The predicted molar refractivity (Wildman–Crippen MR) is 81.1 cm³/mol. The van der Waals surface area contributed by atoms with Crippen LogP contribution < -0.4 is 11.1 Å². The van der Waals surface area contributed by atoms with Crippen molar-refractivity contribution in [3.8, 4) is 0 Å². The van der Waals surface area contributed by atoms with Crippen LogP contribution in [-0.2, 0) is 0 Å². The maximum absolute atomic E-state index is 12.1. The van der Waals surface area contributed by atoms with E-state index in [1.165, 1.54) is 0 Å². The van der Waals surface area contributed by atoms with Gasteiger partial charge in [-0.05, 0) is 56.4 Å². The van der Waals surface area contributed by atoms with E-state index in [4.69, 9.17) is 17.3 Å².